The minimum Gasteiger partial charge on any atom is -0.355 e. The fourth-order valence-electron chi connectivity index (χ4n) is 9.05. The lowest BCUT2D eigenvalue weighted by molar-refractivity contribution is 0.949. The largest absolute Gasteiger partial charge is 0.355 e. The number of aromatic nitrogens is 2. The molecule has 3 heterocycles. The van der Waals surface area contributed by atoms with Gasteiger partial charge in [-0.05, 0) is 106 Å². The maximum absolute atomic E-state index is 5.12. The van der Waals surface area contributed by atoms with Crippen LogP contribution < -0.4 is 14.7 Å². The van der Waals surface area contributed by atoms with Gasteiger partial charge in [-0.25, -0.2) is 4.98 Å². The number of hydrogen-bond acceptors (Lipinski definition) is 4. The number of hydrogen-bond donors (Lipinski definition) is 0. The summed E-state index contributed by atoms with van der Waals surface area (Å²) >= 11 is 0. The summed E-state index contributed by atoms with van der Waals surface area (Å²) in [7, 11) is 2.15. The monoisotopic (exact) mass is 771 g/mol. The Labute approximate surface area is 350 Å². The van der Waals surface area contributed by atoms with Gasteiger partial charge in [-0.2, -0.15) is 0 Å². The SMILES string of the molecule is CN1CN(c2cccc(N(c3ccccc3)c3ccc4c5ccccc5n(-c5cc(-c6c(-c7ccccc7)cccc6-c6ccccc6)ccn5)c4c3)c2)c2ccccc21. The van der Waals surface area contributed by atoms with Crippen LogP contribution in [0.2, 0.25) is 0 Å². The van der Waals surface area contributed by atoms with E-state index in [0.717, 1.165) is 51.8 Å². The Morgan fingerprint density at radius 1 is 0.450 bits per heavy atom. The molecule has 5 heteroatoms. The number of fused-ring (bicyclic) bond motifs is 4. The van der Waals surface area contributed by atoms with Crippen LogP contribution in [0.4, 0.5) is 34.1 Å². The van der Waals surface area contributed by atoms with Crippen molar-refractivity contribution in [3.05, 3.63) is 219 Å². The van der Waals surface area contributed by atoms with E-state index in [9.17, 15) is 0 Å². The van der Waals surface area contributed by atoms with Gasteiger partial charge in [0.25, 0.3) is 0 Å². The maximum atomic E-state index is 5.12. The number of para-hydroxylation sites is 4. The molecule has 0 saturated heterocycles. The Balaban J connectivity index is 1.09. The molecular formula is C55H41N5. The van der Waals surface area contributed by atoms with Crippen LogP contribution in [0.15, 0.2) is 219 Å². The standard InChI is InChI=1S/C55H41N5/c1-57-38-58(52-30-14-13-29-51(52)57)43-23-15-24-44(36-43)59(42-21-9-4-10-22-42)45-31-32-49-48-25-11-12-28-50(48)60(53(49)37-45)54-35-41(33-34-56-54)55-46(39-17-5-2-6-18-39)26-16-27-47(55)40-19-7-3-8-20-40/h2-37H,38H2,1H3. The number of anilines is 6. The van der Waals surface area contributed by atoms with Gasteiger partial charge in [0.1, 0.15) is 5.82 Å². The second-order valence-electron chi connectivity index (χ2n) is 15.4. The fourth-order valence-corrected chi connectivity index (χ4v) is 9.05. The van der Waals surface area contributed by atoms with E-state index in [2.05, 4.69) is 239 Å². The summed E-state index contributed by atoms with van der Waals surface area (Å²) in [6.45, 7) is 0.787. The summed E-state index contributed by atoms with van der Waals surface area (Å²) in [5, 5.41) is 2.36. The van der Waals surface area contributed by atoms with E-state index in [1.807, 2.05) is 6.20 Å². The molecule has 60 heavy (non-hydrogen) atoms. The number of benzene rings is 8. The van der Waals surface area contributed by atoms with E-state index in [4.69, 9.17) is 4.98 Å². The Hall–Kier alpha value is -7.89. The maximum Gasteiger partial charge on any atom is 0.138 e. The van der Waals surface area contributed by atoms with Crippen molar-refractivity contribution in [3.8, 4) is 39.2 Å². The Bertz CT molecular complexity index is 3100. The lowest BCUT2D eigenvalue weighted by Crippen LogP contribution is -2.24. The van der Waals surface area contributed by atoms with Crippen LogP contribution in [0.25, 0.3) is 61.0 Å². The fraction of sp³-hybridized carbons (Fsp3) is 0.0364. The van der Waals surface area contributed by atoms with Crippen LogP contribution in [0, 0.1) is 0 Å². The number of rotatable bonds is 8. The van der Waals surface area contributed by atoms with Gasteiger partial charge in [-0.3, -0.25) is 4.57 Å². The van der Waals surface area contributed by atoms with E-state index in [1.165, 1.54) is 50.0 Å². The second-order valence-corrected chi connectivity index (χ2v) is 15.4. The van der Waals surface area contributed by atoms with Crippen LogP contribution in [0.3, 0.4) is 0 Å². The quantitative estimate of drug-likeness (QED) is 0.154. The lowest BCUT2D eigenvalue weighted by atomic mass is 9.88. The molecule has 0 N–H and O–H groups in total. The highest BCUT2D eigenvalue weighted by atomic mass is 15.4. The van der Waals surface area contributed by atoms with Crippen molar-refractivity contribution < 1.29 is 0 Å². The zero-order valence-corrected chi connectivity index (χ0v) is 33.2. The lowest BCUT2D eigenvalue weighted by Gasteiger charge is -2.27. The highest BCUT2D eigenvalue weighted by Gasteiger charge is 2.25. The van der Waals surface area contributed by atoms with Crippen LogP contribution in [0.1, 0.15) is 0 Å². The first-order chi connectivity index (χ1) is 29.7. The molecule has 0 unspecified atom stereocenters. The zero-order valence-electron chi connectivity index (χ0n) is 33.2. The first-order valence-electron chi connectivity index (χ1n) is 20.5. The molecule has 286 valence electrons. The summed E-state index contributed by atoms with van der Waals surface area (Å²) in [6.07, 6.45) is 1.96. The van der Waals surface area contributed by atoms with Crippen LogP contribution in [-0.4, -0.2) is 23.3 Å². The highest BCUT2D eigenvalue weighted by Crippen LogP contribution is 2.45. The van der Waals surface area contributed by atoms with Crippen LogP contribution in [-0.2, 0) is 0 Å². The average molecular weight is 772 g/mol. The zero-order chi connectivity index (χ0) is 40.0. The van der Waals surface area contributed by atoms with E-state index in [0.29, 0.717) is 0 Å². The Kier molecular flexibility index (Phi) is 8.71. The summed E-state index contributed by atoms with van der Waals surface area (Å²) in [5.74, 6) is 0.864. The summed E-state index contributed by atoms with van der Waals surface area (Å²) < 4.78 is 2.33. The molecule has 1 aliphatic heterocycles. The summed E-state index contributed by atoms with van der Waals surface area (Å²) in [5.41, 5.74) is 16.0. The topological polar surface area (TPSA) is 27.5 Å². The molecule has 0 amide bonds. The first kappa shape index (κ1) is 35.3. The molecule has 0 atom stereocenters. The van der Waals surface area contributed by atoms with Crippen molar-refractivity contribution in [3.63, 3.8) is 0 Å². The number of pyridine rings is 1. The molecule has 8 aromatic carbocycles. The average Bonchev–Trinajstić information content (AvgIpc) is 3.84. The van der Waals surface area contributed by atoms with Gasteiger partial charge in [0.2, 0.25) is 0 Å². The molecule has 10 aromatic rings. The van der Waals surface area contributed by atoms with Gasteiger partial charge in [-0.15, -0.1) is 0 Å². The number of nitrogens with zero attached hydrogens (tertiary/aromatic N) is 5. The van der Waals surface area contributed by atoms with Gasteiger partial charge in [-0.1, -0.05) is 140 Å². The second kappa shape index (κ2) is 14.8. The predicted octanol–water partition coefficient (Wildman–Crippen LogP) is 14.2. The van der Waals surface area contributed by atoms with Crippen LogP contribution in [0.5, 0.6) is 0 Å². The minimum atomic E-state index is 0.787. The molecule has 0 fully saturated rings. The van der Waals surface area contributed by atoms with Gasteiger partial charge in [0.05, 0.1) is 29.1 Å². The van der Waals surface area contributed by atoms with Crippen LogP contribution >= 0.6 is 0 Å². The molecule has 1 aliphatic rings. The van der Waals surface area contributed by atoms with Crippen molar-refractivity contribution in [1.29, 1.82) is 0 Å². The third kappa shape index (κ3) is 6.07. The third-order valence-corrected chi connectivity index (χ3v) is 11.8. The van der Waals surface area contributed by atoms with Crippen molar-refractivity contribution in [2.45, 2.75) is 0 Å². The minimum absolute atomic E-state index is 0.787. The van der Waals surface area contributed by atoms with Crippen molar-refractivity contribution in [2.75, 3.05) is 28.4 Å². The van der Waals surface area contributed by atoms with E-state index < -0.39 is 0 Å². The van der Waals surface area contributed by atoms with Crippen molar-refractivity contribution >= 4 is 55.9 Å². The third-order valence-electron chi connectivity index (χ3n) is 11.8. The molecule has 0 radical (unpaired) electrons. The molecule has 11 rings (SSSR count). The molecule has 0 bridgehead atoms. The smallest absolute Gasteiger partial charge is 0.138 e. The highest BCUT2D eigenvalue weighted by molar-refractivity contribution is 6.10. The Morgan fingerprint density at radius 3 is 1.80 bits per heavy atom. The molecule has 0 spiro atoms. The molecule has 0 aliphatic carbocycles. The normalized spacial score (nSPS) is 12.3. The Morgan fingerprint density at radius 2 is 1.05 bits per heavy atom. The van der Waals surface area contributed by atoms with E-state index in [-0.39, 0.29) is 0 Å². The molecule has 0 saturated carbocycles. The van der Waals surface area contributed by atoms with Gasteiger partial charge >= 0.3 is 0 Å². The summed E-state index contributed by atoms with van der Waals surface area (Å²) in [4.78, 5) is 12.2. The van der Waals surface area contributed by atoms with E-state index in [1.54, 1.807) is 0 Å². The van der Waals surface area contributed by atoms with Crippen molar-refractivity contribution in [2.24, 2.45) is 0 Å². The van der Waals surface area contributed by atoms with Gasteiger partial charge < -0.3 is 14.7 Å². The molecular weight excluding hydrogens is 731 g/mol. The first-order valence-corrected chi connectivity index (χ1v) is 20.5. The summed E-state index contributed by atoms with van der Waals surface area (Å²) in [6, 6.07) is 76.2. The van der Waals surface area contributed by atoms with E-state index >= 15 is 0 Å². The molecule has 2 aromatic heterocycles. The van der Waals surface area contributed by atoms with Gasteiger partial charge in [0.15, 0.2) is 0 Å². The van der Waals surface area contributed by atoms with Gasteiger partial charge in [0, 0.05) is 46.8 Å². The van der Waals surface area contributed by atoms with Crippen molar-refractivity contribution in [1.82, 2.24) is 9.55 Å². The predicted molar refractivity (Wildman–Crippen MR) is 251 cm³/mol. The molecule has 5 nitrogen and oxygen atoms in total.